The smallest absolute Gasteiger partial charge is 0.262 e. The van der Waals surface area contributed by atoms with Gasteiger partial charge in [0.25, 0.3) is 5.56 Å². The number of aliphatic hydroxyl groups is 1. The Hall–Kier alpha value is -1.43. The van der Waals surface area contributed by atoms with E-state index in [0.717, 1.165) is 13.0 Å². The van der Waals surface area contributed by atoms with Gasteiger partial charge in [0.05, 0.1) is 28.4 Å². The summed E-state index contributed by atoms with van der Waals surface area (Å²) in [6, 6.07) is 5.24. The number of nitrogens with one attached hydrogen (secondary N) is 1. The molecule has 1 aromatic carbocycles. The summed E-state index contributed by atoms with van der Waals surface area (Å²) in [5, 5.41) is 14.0. The lowest BCUT2D eigenvalue weighted by atomic mass is 9.95. The summed E-state index contributed by atoms with van der Waals surface area (Å²) in [5.74, 6) is 0.0655. The molecule has 1 aliphatic heterocycles. The standard InChI is InChI=1S/C14H16ClN3O2/c15-10-2-1-3-11-13(10)14(20)18(8-17-11)7-9-4-5-16-6-12(9)19/h1-3,8-9,12,16,19H,4-7H2/t9-,12+/m0/s1. The topological polar surface area (TPSA) is 67.2 Å². The van der Waals surface area contributed by atoms with Gasteiger partial charge in [-0.25, -0.2) is 4.98 Å². The molecule has 6 heteroatoms. The van der Waals surface area contributed by atoms with Gasteiger partial charge in [-0.05, 0) is 25.1 Å². The number of benzene rings is 1. The van der Waals surface area contributed by atoms with Crippen LogP contribution in [0.4, 0.5) is 0 Å². The van der Waals surface area contributed by atoms with Gasteiger partial charge in [0.2, 0.25) is 0 Å². The van der Waals surface area contributed by atoms with Crippen LogP contribution >= 0.6 is 11.6 Å². The summed E-state index contributed by atoms with van der Waals surface area (Å²) in [7, 11) is 0. The van der Waals surface area contributed by atoms with Gasteiger partial charge in [0, 0.05) is 19.0 Å². The number of aromatic nitrogens is 2. The summed E-state index contributed by atoms with van der Waals surface area (Å²) in [4.78, 5) is 16.7. The lowest BCUT2D eigenvalue weighted by Gasteiger charge is -2.28. The van der Waals surface area contributed by atoms with E-state index < -0.39 is 6.10 Å². The normalized spacial score (nSPS) is 23.1. The van der Waals surface area contributed by atoms with Crippen molar-refractivity contribution in [2.45, 2.75) is 19.1 Å². The van der Waals surface area contributed by atoms with Crippen molar-refractivity contribution < 1.29 is 5.11 Å². The quantitative estimate of drug-likeness (QED) is 0.867. The molecule has 0 aliphatic carbocycles. The number of hydrogen-bond donors (Lipinski definition) is 2. The Labute approximate surface area is 121 Å². The number of nitrogens with zero attached hydrogens (tertiary/aromatic N) is 2. The van der Waals surface area contributed by atoms with Crippen LogP contribution in [0.5, 0.6) is 0 Å². The van der Waals surface area contributed by atoms with E-state index in [0.29, 0.717) is 29.0 Å². The van der Waals surface area contributed by atoms with Gasteiger partial charge in [0.15, 0.2) is 0 Å². The van der Waals surface area contributed by atoms with E-state index in [1.54, 1.807) is 22.8 Å². The van der Waals surface area contributed by atoms with Crippen LogP contribution < -0.4 is 10.9 Å². The molecule has 1 aliphatic rings. The second kappa shape index (κ2) is 5.52. The highest BCUT2D eigenvalue weighted by Crippen LogP contribution is 2.19. The SMILES string of the molecule is O=c1c2c(Cl)cccc2ncn1C[C@@H]1CCNC[C@H]1O. The van der Waals surface area contributed by atoms with Crippen LogP contribution in [-0.2, 0) is 6.54 Å². The molecular weight excluding hydrogens is 278 g/mol. The molecule has 1 fully saturated rings. The maximum absolute atomic E-state index is 12.5. The predicted octanol–water partition coefficient (Wildman–Crippen LogP) is 1.02. The summed E-state index contributed by atoms with van der Waals surface area (Å²) in [6.45, 7) is 1.90. The molecule has 2 aromatic rings. The van der Waals surface area contributed by atoms with Crippen molar-refractivity contribution in [1.29, 1.82) is 0 Å². The van der Waals surface area contributed by atoms with Crippen LogP contribution in [0.1, 0.15) is 6.42 Å². The first-order valence-electron chi connectivity index (χ1n) is 6.69. The number of aliphatic hydroxyl groups excluding tert-OH is 1. The van der Waals surface area contributed by atoms with E-state index in [1.165, 1.54) is 6.33 Å². The summed E-state index contributed by atoms with van der Waals surface area (Å²) in [6.07, 6.45) is 1.95. The second-order valence-electron chi connectivity index (χ2n) is 5.16. The third-order valence-corrected chi connectivity index (χ3v) is 4.14. The number of hydrogen-bond acceptors (Lipinski definition) is 4. The molecule has 1 aromatic heterocycles. The van der Waals surface area contributed by atoms with Crippen LogP contribution in [0, 0.1) is 5.92 Å². The molecule has 106 valence electrons. The molecule has 2 atom stereocenters. The maximum Gasteiger partial charge on any atom is 0.262 e. The molecule has 0 radical (unpaired) electrons. The average molecular weight is 294 g/mol. The predicted molar refractivity (Wildman–Crippen MR) is 78.0 cm³/mol. The van der Waals surface area contributed by atoms with Gasteiger partial charge in [0.1, 0.15) is 0 Å². The van der Waals surface area contributed by atoms with E-state index in [4.69, 9.17) is 11.6 Å². The van der Waals surface area contributed by atoms with Gasteiger partial charge in [-0.3, -0.25) is 9.36 Å². The van der Waals surface area contributed by atoms with E-state index in [1.807, 2.05) is 0 Å². The molecule has 0 amide bonds. The minimum atomic E-state index is -0.433. The number of halogens is 1. The van der Waals surface area contributed by atoms with Gasteiger partial charge < -0.3 is 10.4 Å². The van der Waals surface area contributed by atoms with Crippen molar-refractivity contribution in [3.05, 3.63) is 39.9 Å². The van der Waals surface area contributed by atoms with Crippen LogP contribution in [0.25, 0.3) is 10.9 Å². The Morgan fingerprint density at radius 2 is 2.35 bits per heavy atom. The highest BCUT2D eigenvalue weighted by Gasteiger charge is 2.23. The fourth-order valence-electron chi connectivity index (χ4n) is 2.65. The Morgan fingerprint density at radius 3 is 3.15 bits per heavy atom. The molecule has 0 unspecified atom stereocenters. The Kier molecular flexibility index (Phi) is 3.74. The van der Waals surface area contributed by atoms with E-state index in [9.17, 15) is 9.90 Å². The largest absolute Gasteiger partial charge is 0.391 e. The monoisotopic (exact) mass is 293 g/mol. The van der Waals surface area contributed by atoms with Crippen molar-refractivity contribution >= 4 is 22.5 Å². The zero-order valence-electron chi connectivity index (χ0n) is 10.9. The first-order valence-corrected chi connectivity index (χ1v) is 7.07. The molecular formula is C14H16ClN3O2. The molecule has 5 nitrogen and oxygen atoms in total. The Bertz CT molecular complexity index is 686. The lowest BCUT2D eigenvalue weighted by Crippen LogP contribution is -2.43. The second-order valence-corrected chi connectivity index (χ2v) is 5.56. The number of fused-ring (bicyclic) bond motifs is 1. The van der Waals surface area contributed by atoms with Gasteiger partial charge in [-0.15, -0.1) is 0 Å². The number of β-amino-alcohol motifs (C(OH)–C–C–N with tert-alkyl or cyclic N) is 1. The molecule has 0 bridgehead atoms. The van der Waals surface area contributed by atoms with Crippen LogP contribution in [0.3, 0.4) is 0 Å². The fourth-order valence-corrected chi connectivity index (χ4v) is 2.90. The Morgan fingerprint density at radius 1 is 1.50 bits per heavy atom. The van der Waals surface area contributed by atoms with Gasteiger partial charge >= 0.3 is 0 Å². The minimum absolute atomic E-state index is 0.0655. The highest BCUT2D eigenvalue weighted by atomic mass is 35.5. The van der Waals surface area contributed by atoms with Gasteiger partial charge in [-0.2, -0.15) is 0 Å². The first kappa shape index (κ1) is 13.5. The van der Waals surface area contributed by atoms with E-state index in [-0.39, 0.29) is 11.5 Å². The first-order chi connectivity index (χ1) is 9.66. The average Bonchev–Trinajstić information content (AvgIpc) is 2.44. The van der Waals surface area contributed by atoms with Crippen molar-refractivity contribution in [3.8, 4) is 0 Å². The van der Waals surface area contributed by atoms with Crippen LogP contribution in [-0.4, -0.2) is 33.9 Å². The number of piperidine rings is 1. The molecule has 2 heterocycles. The van der Waals surface area contributed by atoms with E-state index in [2.05, 4.69) is 10.3 Å². The summed E-state index contributed by atoms with van der Waals surface area (Å²) in [5.41, 5.74) is 0.455. The third kappa shape index (κ3) is 2.44. The number of rotatable bonds is 2. The zero-order chi connectivity index (χ0) is 14.1. The van der Waals surface area contributed by atoms with Crippen molar-refractivity contribution in [3.63, 3.8) is 0 Å². The maximum atomic E-state index is 12.5. The molecule has 2 N–H and O–H groups in total. The van der Waals surface area contributed by atoms with Crippen LogP contribution in [0.2, 0.25) is 5.02 Å². The van der Waals surface area contributed by atoms with Crippen LogP contribution in [0.15, 0.2) is 29.3 Å². The molecule has 0 saturated carbocycles. The minimum Gasteiger partial charge on any atom is -0.391 e. The lowest BCUT2D eigenvalue weighted by molar-refractivity contribution is 0.0717. The van der Waals surface area contributed by atoms with Gasteiger partial charge in [-0.1, -0.05) is 17.7 Å². The fraction of sp³-hybridized carbons (Fsp3) is 0.429. The van der Waals surface area contributed by atoms with Crippen molar-refractivity contribution in [2.24, 2.45) is 5.92 Å². The molecule has 1 saturated heterocycles. The zero-order valence-corrected chi connectivity index (χ0v) is 11.7. The summed E-state index contributed by atoms with van der Waals surface area (Å²) >= 11 is 6.09. The van der Waals surface area contributed by atoms with Crippen molar-refractivity contribution in [2.75, 3.05) is 13.1 Å². The summed E-state index contributed by atoms with van der Waals surface area (Å²) < 4.78 is 1.55. The molecule has 3 rings (SSSR count). The highest BCUT2D eigenvalue weighted by molar-refractivity contribution is 6.35. The molecule has 0 spiro atoms. The van der Waals surface area contributed by atoms with Crippen molar-refractivity contribution in [1.82, 2.24) is 14.9 Å². The van der Waals surface area contributed by atoms with E-state index >= 15 is 0 Å². The molecule has 20 heavy (non-hydrogen) atoms. The Balaban J connectivity index is 1.98. The third-order valence-electron chi connectivity index (χ3n) is 3.82.